The lowest BCUT2D eigenvalue weighted by Gasteiger charge is -2.29. The van der Waals surface area contributed by atoms with E-state index in [9.17, 15) is 23.5 Å². The second kappa shape index (κ2) is 16.1. The van der Waals surface area contributed by atoms with Crippen molar-refractivity contribution in [3.63, 3.8) is 0 Å². The average molecular weight is 630 g/mol. The van der Waals surface area contributed by atoms with E-state index in [0.29, 0.717) is 29.8 Å². The van der Waals surface area contributed by atoms with Gasteiger partial charge in [-0.1, -0.05) is 31.2 Å². The molecule has 2 amide bonds. The molecule has 3 aromatic rings. The van der Waals surface area contributed by atoms with Gasteiger partial charge in [-0.2, -0.15) is 0 Å². The van der Waals surface area contributed by atoms with Crippen LogP contribution in [0.15, 0.2) is 60.7 Å². The van der Waals surface area contributed by atoms with Gasteiger partial charge in [-0.3, -0.25) is 9.59 Å². The predicted octanol–water partition coefficient (Wildman–Crippen LogP) is 5.08. The first-order chi connectivity index (χ1) is 20.6. The van der Waals surface area contributed by atoms with Crippen LogP contribution < -0.4 is 5.73 Å². The minimum atomic E-state index is -1.19. The maximum Gasteiger partial charge on any atom is 0.254 e. The van der Waals surface area contributed by atoms with E-state index in [1.807, 2.05) is 38.1 Å². The maximum absolute atomic E-state index is 14.1. The standard InChI is InChI=1S/C34H41F2N3O4.ClH/c1-4-23-7-5-8-24(13-23)19-38(20-32(40)31(37)16-25-14-28(35)18-29(36)15-25)33(41)26-11-22(2)12-27(17-26)34(42)39-10-6-9-30(39)21-43-3;/h5,7-8,11-15,17-18,30-32,40H,4,6,9-10,16,19-21,37H2,1-3H3;1H/t30-,31+,32-;/m1./s1. The molecule has 44 heavy (non-hydrogen) atoms. The summed E-state index contributed by atoms with van der Waals surface area (Å²) in [7, 11) is 1.62. The topological polar surface area (TPSA) is 96.1 Å². The van der Waals surface area contributed by atoms with E-state index in [-0.39, 0.29) is 49.8 Å². The summed E-state index contributed by atoms with van der Waals surface area (Å²) in [6, 6.07) is 15.2. The number of aliphatic hydroxyl groups is 1. The zero-order chi connectivity index (χ0) is 31.1. The van der Waals surface area contributed by atoms with Crippen LogP contribution in [0.25, 0.3) is 0 Å². The molecule has 0 aliphatic carbocycles. The lowest BCUT2D eigenvalue weighted by molar-refractivity contribution is 0.0554. The summed E-state index contributed by atoms with van der Waals surface area (Å²) in [5.74, 6) is -1.96. The van der Waals surface area contributed by atoms with Gasteiger partial charge in [-0.25, -0.2) is 8.78 Å². The van der Waals surface area contributed by atoms with Crippen LogP contribution in [-0.2, 0) is 24.1 Å². The number of methoxy groups -OCH3 is 1. The highest BCUT2D eigenvalue weighted by Gasteiger charge is 2.30. The molecule has 1 saturated heterocycles. The number of carbonyl (C=O) groups is 2. The number of hydrogen-bond acceptors (Lipinski definition) is 5. The number of rotatable bonds is 12. The van der Waals surface area contributed by atoms with Crippen molar-refractivity contribution in [2.24, 2.45) is 5.73 Å². The molecule has 4 rings (SSSR count). The Morgan fingerprint density at radius 3 is 2.41 bits per heavy atom. The quantitative estimate of drug-likeness (QED) is 0.291. The van der Waals surface area contributed by atoms with E-state index in [2.05, 4.69) is 0 Å². The lowest BCUT2D eigenvalue weighted by Crippen LogP contribution is -2.46. The molecule has 0 radical (unpaired) electrons. The lowest BCUT2D eigenvalue weighted by atomic mass is 10.00. The molecule has 0 unspecified atom stereocenters. The number of likely N-dealkylation sites (tertiary alicyclic amines) is 1. The smallest absolute Gasteiger partial charge is 0.254 e. The Morgan fingerprint density at radius 2 is 1.73 bits per heavy atom. The number of aryl methyl sites for hydroxylation is 2. The van der Waals surface area contributed by atoms with Crippen molar-refractivity contribution in [3.05, 3.63) is 106 Å². The number of ether oxygens (including phenoxy) is 1. The summed E-state index contributed by atoms with van der Waals surface area (Å²) in [6.07, 6.45) is 1.41. The van der Waals surface area contributed by atoms with Crippen molar-refractivity contribution in [1.29, 1.82) is 0 Å². The Bertz CT molecular complexity index is 1420. The molecule has 1 fully saturated rings. The highest BCUT2D eigenvalue weighted by atomic mass is 35.5. The van der Waals surface area contributed by atoms with Crippen LogP contribution in [0.1, 0.15) is 62.7 Å². The van der Waals surface area contributed by atoms with Crippen LogP contribution in [0, 0.1) is 18.6 Å². The van der Waals surface area contributed by atoms with Gasteiger partial charge in [0, 0.05) is 50.0 Å². The normalized spacial score (nSPS) is 15.9. The van der Waals surface area contributed by atoms with Crippen LogP contribution in [0.4, 0.5) is 8.78 Å². The predicted molar refractivity (Wildman–Crippen MR) is 169 cm³/mol. The molecule has 0 spiro atoms. The average Bonchev–Trinajstić information content (AvgIpc) is 3.43. The number of nitrogens with zero attached hydrogens (tertiary/aromatic N) is 2. The molecule has 0 saturated carbocycles. The fourth-order valence-corrected chi connectivity index (χ4v) is 5.73. The number of hydrogen-bond donors (Lipinski definition) is 2. The van der Waals surface area contributed by atoms with E-state index < -0.39 is 23.8 Å². The van der Waals surface area contributed by atoms with Crippen LogP contribution in [0.2, 0.25) is 0 Å². The van der Waals surface area contributed by atoms with Crippen LogP contribution in [0.5, 0.6) is 0 Å². The molecule has 0 aromatic heterocycles. The van der Waals surface area contributed by atoms with E-state index in [4.69, 9.17) is 10.5 Å². The van der Waals surface area contributed by atoms with Crippen molar-refractivity contribution in [3.8, 4) is 0 Å². The van der Waals surface area contributed by atoms with Crippen LogP contribution in [0.3, 0.4) is 0 Å². The van der Waals surface area contributed by atoms with Gasteiger partial charge in [0.15, 0.2) is 0 Å². The monoisotopic (exact) mass is 629 g/mol. The summed E-state index contributed by atoms with van der Waals surface area (Å²) in [4.78, 5) is 30.9. The molecular weight excluding hydrogens is 588 g/mol. The van der Waals surface area contributed by atoms with Gasteiger partial charge in [0.2, 0.25) is 0 Å². The van der Waals surface area contributed by atoms with Crippen molar-refractivity contribution in [1.82, 2.24) is 9.80 Å². The summed E-state index contributed by atoms with van der Waals surface area (Å²) in [5.41, 5.74) is 10.1. The van der Waals surface area contributed by atoms with Crippen LogP contribution >= 0.6 is 12.4 Å². The molecule has 3 aromatic carbocycles. The van der Waals surface area contributed by atoms with Gasteiger partial charge in [0.1, 0.15) is 11.6 Å². The number of benzene rings is 3. The number of carbonyl (C=O) groups excluding carboxylic acids is 2. The summed E-state index contributed by atoms with van der Waals surface area (Å²) < 4.78 is 32.8. The van der Waals surface area contributed by atoms with E-state index >= 15 is 0 Å². The van der Waals surface area contributed by atoms with Crippen LogP contribution in [-0.4, -0.2) is 71.7 Å². The Balaban J connectivity index is 0.00000529. The van der Waals surface area contributed by atoms with E-state index in [0.717, 1.165) is 42.0 Å². The first-order valence-electron chi connectivity index (χ1n) is 14.7. The zero-order valence-corrected chi connectivity index (χ0v) is 26.3. The number of aliphatic hydroxyl groups excluding tert-OH is 1. The Morgan fingerprint density at radius 1 is 1.05 bits per heavy atom. The molecule has 1 aliphatic rings. The summed E-state index contributed by atoms with van der Waals surface area (Å²) >= 11 is 0. The molecule has 238 valence electrons. The first-order valence-corrected chi connectivity index (χ1v) is 14.7. The van der Waals surface area contributed by atoms with Gasteiger partial charge in [0.05, 0.1) is 18.8 Å². The van der Waals surface area contributed by atoms with Gasteiger partial charge < -0.3 is 25.4 Å². The Kier molecular flexibility index (Phi) is 12.8. The fraction of sp³-hybridized carbons (Fsp3) is 0.412. The molecule has 1 heterocycles. The number of amides is 2. The zero-order valence-electron chi connectivity index (χ0n) is 25.5. The first kappa shape index (κ1) is 35.1. The highest BCUT2D eigenvalue weighted by Crippen LogP contribution is 2.23. The molecule has 0 bridgehead atoms. The second-order valence-corrected chi connectivity index (χ2v) is 11.4. The fourth-order valence-electron chi connectivity index (χ4n) is 5.73. The van der Waals surface area contributed by atoms with Crippen molar-refractivity contribution in [2.45, 2.75) is 64.3 Å². The summed E-state index contributed by atoms with van der Waals surface area (Å²) in [5, 5.41) is 11.1. The third-order valence-electron chi connectivity index (χ3n) is 7.92. The van der Waals surface area contributed by atoms with Gasteiger partial charge in [0.25, 0.3) is 11.8 Å². The molecule has 1 aliphatic heterocycles. The molecule has 3 atom stereocenters. The van der Waals surface area contributed by atoms with Crippen molar-refractivity contribution < 1.29 is 28.2 Å². The Labute approximate surface area is 264 Å². The minimum Gasteiger partial charge on any atom is -0.390 e. The summed E-state index contributed by atoms with van der Waals surface area (Å²) in [6.45, 7) is 5.04. The van der Waals surface area contributed by atoms with Gasteiger partial charge >= 0.3 is 0 Å². The third kappa shape index (κ3) is 9.08. The maximum atomic E-state index is 14.1. The third-order valence-corrected chi connectivity index (χ3v) is 7.92. The molecular formula is C34H42ClF2N3O4. The molecule has 10 heteroatoms. The minimum absolute atomic E-state index is 0. The van der Waals surface area contributed by atoms with Crippen molar-refractivity contribution in [2.75, 3.05) is 26.8 Å². The highest BCUT2D eigenvalue weighted by molar-refractivity contribution is 6.00. The number of nitrogens with two attached hydrogens (primary N) is 1. The van der Waals surface area contributed by atoms with E-state index in [1.165, 1.54) is 17.0 Å². The van der Waals surface area contributed by atoms with E-state index in [1.54, 1.807) is 30.2 Å². The number of halogens is 3. The SMILES string of the molecule is CCc1cccc(CN(C[C@@H](O)[C@@H](N)Cc2cc(F)cc(F)c2)C(=O)c2cc(C)cc(C(=O)N3CCC[C@@H]3COC)c2)c1.Cl. The van der Waals surface area contributed by atoms with Gasteiger partial charge in [-0.05, 0) is 85.2 Å². The molecule has 3 N–H and O–H groups in total. The largest absolute Gasteiger partial charge is 0.390 e. The molecule has 7 nitrogen and oxygen atoms in total. The van der Waals surface area contributed by atoms with Gasteiger partial charge in [-0.15, -0.1) is 12.4 Å². The van der Waals surface area contributed by atoms with Crippen molar-refractivity contribution >= 4 is 24.2 Å². The Hall–Kier alpha value is -3.37. The second-order valence-electron chi connectivity index (χ2n) is 11.4.